The molecule has 3 N–H and O–H groups in total. The third-order valence-corrected chi connectivity index (χ3v) is 6.48. The first-order chi connectivity index (χ1) is 18.0. The van der Waals surface area contributed by atoms with Gasteiger partial charge in [0.15, 0.2) is 0 Å². The molecule has 1 aliphatic rings. The van der Waals surface area contributed by atoms with E-state index >= 15 is 0 Å². The van der Waals surface area contributed by atoms with Crippen molar-refractivity contribution >= 4 is 22.5 Å². The number of anilines is 1. The van der Waals surface area contributed by atoms with Crippen LogP contribution in [0.15, 0.2) is 42.6 Å². The average Bonchev–Trinajstić information content (AvgIpc) is 3.22. The molecule has 1 fully saturated rings. The number of fused-ring (bicyclic) bond motifs is 1. The fourth-order valence-corrected chi connectivity index (χ4v) is 4.35. The van der Waals surface area contributed by atoms with Gasteiger partial charge in [0.05, 0.1) is 34.8 Å². The maximum Gasteiger partial charge on any atom is 0.406 e. The summed E-state index contributed by atoms with van der Waals surface area (Å²) in [6.45, 7) is 4.80. The normalized spacial score (nSPS) is 14.5. The molecule has 198 valence electrons. The van der Waals surface area contributed by atoms with Gasteiger partial charge in [-0.15, -0.1) is 0 Å². The second kappa shape index (κ2) is 11.3. The van der Waals surface area contributed by atoms with Gasteiger partial charge in [0, 0.05) is 29.4 Å². The molecule has 0 unspecified atom stereocenters. The molecule has 0 radical (unpaired) electrons. The number of nitriles is 1. The Kier molecular flexibility index (Phi) is 8.05. The van der Waals surface area contributed by atoms with E-state index in [4.69, 9.17) is 0 Å². The zero-order chi connectivity index (χ0) is 27.3. The van der Waals surface area contributed by atoms with Gasteiger partial charge in [0.25, 0.3) is 0 Å². The molecule has 2 aromatic heterocycles. The summed E-state index contributed by atoms with van der Waals surface area (Å²) < 4.78 is 41.2. The molecule has 1 aliphatic heterocycles. The third kappa shape index (κ3) is 6.91. The summed E-state index contributed by atoms with van der Waals surface area (Å²) in [4.78, 5) is 16.6. The lowest BCUT2D eigenvalue weighted by Gasteiger charge is -2.23. The number of aromatic nitrogens is 2. The van der Waals surface area contributed by atoms with E-state index < -0.39 is 24.0 Å². The lowest BCUT2D eigenvalue weighted by molar-refractivity contribution is -0.140. The second-order valence-corrected chi connectivity index (χ2v) is 9.90. The minimum Gasteiger partial charge on any atom is -0.325 e. The maximum absolute atomic E-state index is 13.4. The van der Waals surface area contributed by atoms with Crippen molar-refractivity contribution in [3.05, 3.63) is 59.5 Å². The van der Waals surface area contributed by atoms with Gasteiger partial charge < -0.3 is 20.5 Å². The Morgan fingerprint density at radius 2 is 1.95 bits per heavy atom. The monoisotopic (exact) mass is 522 g/mol. The lowest BCUT2D eigenvalue weighted by atomic mass is 9.91. The number of benzene rings is 1. The number of pyridine rings is 1. The quantitative estimate of drug-likeness (QED) is 0.421. The van der Waals surface area contributed by atoms with Crippen molar-refractivity contribution in [1.29, 1.82) is 5.26 Å². The number of nitrogens with zero attached hydrogens (tertiary/aromatic N) is 3. The smallest absolute Gasteiger partial charge is 0.325 e. The molecule has 7 nitrogen and oxygen atoms in total. The number of amides is 1. The van der Waals surface area contributed by atoms with Crippen molar-refractivity contribution in [3.8, 4) is 17.9 Å². The summed E-state index contributed by atoms with van der Waals surface area (Å²) >= 11 is 0. The number of hydrogen-bond donors (Lipinski definition) is 3. The number of alkyl halides is 3. The van der Waals surface area contributed by atoms with Gasteiger partial charge in [-0.1, -0.05) is 6.07 Å². The van der Waals surface area contributed by atoms with E-state index in [2.05, 4.69) is 38.8 Å². The second-order valence-electron chi connectivity index (χ2n) is 9.90. The fraction of sp³-hybridized carbons (Fsp3) is 0.393. The standard InChI is InChI=1S/C28H29F3N6O/c1-27(2,17-32)25-7-4-22(16-35-25)36-26(38)8-5-23-14-20-13-19(15-34-21-9-11-33-12-10-21)3-6-24(20)37(23)18-28(29,30)31/h3-4,6-7,13-14,16,21,33-34H,9-12,15,18H2,1-2H3,(H,36,38). The van der Waals surface area contributed by atoms with Gasteiger partial charge in [-0.2, -0.15) is 18.4 Å². The van der Waals surface area contributed by atoms with Crippen LogP contribution in [-0.4, -0.2) is 40.8 Å². The van der Waals surface area contributed by atoms with E-state index in [-0.39, 0.29) is 5.69 Å². The van der Waals surface area contributed by atoms with Crippen LogP contribution in [0.2, 0.25) is 0 Å². The van der Waals surface area contributed by atoms with Crippen molar-refractivity contribution < 1.29 is 18.0 Å². The maximum atomic E-state index is 13.4. The van der Waals surface area contributed by atoms with Crippen LogP contribution in [0, 0.1) is 23.2 Å². The SMILES string of the molecule is CC(C)(C#N)c1ccc(NC(=O)C#Cc2cc3cc(CNC4CCNCC4)ccc3n2CC(F)(F)F)cn1. The number of carbonyl (C=O) groups is 1. The van der Waals surface area contributed by atoms with Crippen LogP contribution in [0.1, 0.15) is 43.6 Å². The Labute approximate surface area is 219 Å². The number of rotatable bonds is 6. The van der Waals surface area contributed by atoms with Crippen molar-refractivity contribution in [2.45, 2.75) is 57.4 Å². The molecule has 0 atom stereocenters. The van der Waals surface area contributed by atoms with Crippen LogP contribution in [0.25, 0.3) is 10.9 Å². The van der Waals surface area contributed by atoms with Crippen LogP contribution < -0.4 is 16.0 Å². The van der Waals surface area contributed by atoms with E-state index in [1.165, 1.54) is 6.20 Å². The third-order valence-electron chi connectivity index (χ3n) is 6.48. The summed E-state index contributed by atoms with van der Waals surface area (Å²) in [5.41, 5.74) is 1.60. The molecule has 1 saturated heterocycles. The highest BCUT2D eigenvalue weighted by Gasteiger charge is 2.29. The molecule has 1 aromatic carbocycles. The van der Waals surface area contributed by atoms with Crippen LogP contribution in [0.3, 0.4) is 0 Å². The van der Waals surface area contributed by atoms with Crippen molar-refractivity contribution in [2.24, 2.45) is 0 Å². The molecule has 0 spiro atoms. The van der Waals surface area contributed by atoms with Gasteiger partial charge in [-0.3, -0.25) is 9.78 Å². The summed E-state index contributed by atoms with van der Waals surface area (Å²) in [5, 5.41) is 19.2. The van der Waals surface area contributed by atoms with Crippen molar-refractivity contribution in [1.82, 2.24) is 20.2 Å². The van der Waals surface area contributed by atoms with Gasteiger partial charge >= 0.3 is 12.1 Å². The molecular weight excluding hydrogens is 493 g/mol. The molecule has 1 amide bonds. The molecule has 0 bridgehead atoms. The lowest BCUT2D eigenvalue weighted by Crippen LogP contribution is -2.39. The Morgan fingerprint density at radius 3 is 2.61 bits per heavy atom. The summed E-state index contributed by atoms with van der Waals surface area (Å²) in [6, 6.07) is 12.7. The van der Waals surface area contributed by atoms with E-state index in [0.29, 0.717) is 34.9 Å². The van der Waals surface area contributed by atoms with Crippen LogP contribution in [0.4, 0.5) is 18.9 Å². The predicted molar refractivity (Wildman–Crippen MR) is 139 cm³/mol. The minimum atomic E-state index is -4.45. The first-order valence-corrected chi connectivity index (χ1v) is 12.4. The van der Waals surface area contributed by atoms with Gasteiger partial charge in [0.1, 0.15) is 6.54 Å². The van der Waals surface area contributed by atoms with E-state index in [9.17, 15) is 23.2 Å². The highest BCUT2D eigenvalue weighted by molar-refractivity contribution is 6.04. The first kappa shape index (κ1) is 27.2. The Hall–Kier alpha value is -3.86. The molecule has 3 heterocycles. The van der Waals surface area contributed by atoms with E-state index in [1.807, 2.05) is 12.1 Å². The molecule has 10 heteroatoms. The van der Waals surface area contributed by atoms with Crippen LogP contribution in [0.5, 0.6) is 0 Å². The fourth-order valence-electron chi connectivity index (χ4n) is 4.35. The minimum absolute atomic E-state index is 0.0974. The number of carbonyl (C=O) groups excluding carboxylic acids is 1. The number of halogens is 3. The number of nitrogens with one attached hydrogen (secondary N) is 3. The zero-order valence-electron chi connectivity index (χ0n) is 21.2. The molecule has 0 aliphatic carbocycles. The predicted octanol–water partition coefficient (Wildman–Crippen LogP) is 4.23. The Balaban J connectivity index is 1.53. The van der Waals surface area contributed by atoms with Gasteiger partial charge in [-0.05, 0) is 81.6 Å². The van der Waals surface area contributed by atoms with Crippen LogP contribution in [-0.2, 0) is 23.3 Å². The first-order valence-electron chi connectivity index (χ1n) is 12.4. The molecular formula is C28H29F3N6O. The molecule has 0 saturated carbocycles. The highest BCUT2D eigenvalue weighted by Crippen LogP contribution is 2.26. The largest absolute Gasteiger partial charge is 0.406 e. The van der Waals surface area contributed by atoms with Crippen molar-refractivity contribution in [2.75, 3.05) is 18.4 Å². The summed E-state index contributed by atoms with van der Waals surface area (Å²) in [7, 11) is 0. The highest BCUT2D eigenvalue weighted by atomic mass is 19.4. The number of hydrogen-bond acceptors (Lipinski definition) is 5. The Bertz CT molecular complexity index is 1400. The molecule has 3 aromatic rings. The zero-order valence-corrected chi connectivity index (χ0v) is 21.2. The Morgan fingerprint density at radius 1 is 1.18 bits per heavy atom. The van der Waals surface area contributed by atoms with Crippen LogP contribution >= 0.6 is 0 Å². The van der Waals surface area contributed by atoms with E-state index in [0.717, 1.165) is 36.1 Å². The van der Waals surface area contributed by atoms with Gasteiger partial charge in [-0.25, -0.2) is 0 Å². The van der Waals surface area contributed by atoms with E-state index in [1.54, 1.807) is 38.1 Å². The topological polar surface area (TPSA) is 94.8 Å². The summed E-state index contributed by atoms with van der Waals surface area (Å²) in [5.74, 6) is 4.31. The average molecular weight is 523 g/mol. The molecule has 38 heavy (non-hydrogen) atoms. The molecule has 4 rings (SSSR count). The number of piperidine rings is 1. The summed E-state index contributed by atoms with van der Waals surface area (Å²) in [6.07, 6.45) is -0.979. The van der Waals surface area contributed by atoms with Crippen molar-refractivity contribution in [3.63, 3.8) is 0 Å². The van der Waals surface area contributed by atoms with Gasteiger partial charge in [0.2, 0.25) is 0 Å².